The summed E-state index contributed by atoms with van der Waals surface area (Å²) in [7, 11) is 0. The van der Waals surface area contributed by atoms with Crippen molar-refractivity contribution in [1.82, 2.24) is 29.8 Å². The molecule has 9 nitrogen and oxygen atoms in total. The van der Waals surface area contributed by atoms with Crippen molar-refractivity contribution in [2.45, 2.75) is 31.4 Å². The summed E-state index contributed by atoms with van der Waals surface area (Å²) >= 11 is 0. The fraction of sp³-hybridized carbons (Fsp3) is 0.391. The maximum Gasteiger partial charge on any atom is 0.230 e. The van der Waals surface area contributed by atoms with Crippen LogP contribution in [0.5, 0.6) is 0 Å². The number of hydrogen-bond acceptors (Lipinski definition) is 8. The molecule has 3 N–H and O–H groups in total. The molecule has 0 aromatic carbocycles. The molecule has 0 radical (unpaired) electrons. The van der Waals surface area contributed by atoms with Crippen molar-refractivity contribution in [3.05, 3.63) is 43.0 Å². The standard InChI is InChI=1S/C23H26N8O/c32-20-3-1-2-18(20)31-19-14-25-7-6-16(19)17-13-27-23(29-22(17)31)28-21-5-4-15(12-26-21)30-10-8-24-9-11-30/h4-7,12-14,18,20,24,32H,1-3,8-11H2,(H,26,27,28,29)/t18-,20-/m0/s1. The monoisotopic (exact) mass is 430 g/mol. The lowest BCUT2D eigenvalue weighted by Gasteiger charge is -2.29. The fourth-order valence-electron chi connectivity index (χ4n) is 4.97. The molecule has 0 spiro atoms. The van der Waals surface area contributed by atoms with E-state index in [0.29, 0.717) is 11.8 Å². The van der Waals surface area contributed by atoms with Gasteiger partial charge in [-0.25, -0.2) is 9.97 Å². The van der Waals surface area contributed by atoms with Gasteiger partial charge in [-0.15, -0.1) is 0 Å². The Hall–Kier alpha value is -3.30. The number of aliphatic hydroxyl groups is 1. The van der Waals surface area contributed by atoms with E-state index in [0.717, 1.165) is 73.1 Å². The van der Waals surface area contributed by atoms with Crippen LogP contribution in [-0.2, 0) is 0 Å². The van der Waals surface area contributed by atoms with Gasteiger partial charge >= 0.3 is 0 Å². The van der Waals surface area contributed by atoms with E-state index in [-0.39, 0.29) is 12.1 Å². The molecule has 2 fully saturated rings. The quantitative estimate of drug-likeness (QED) is 0.454. The minimum Gasteiger partial charge on any atom is -0.391 e. The summed E-state index contributed by atoms with van der Waals surface area (Å²) in [5.74, 6) is 1.19. The van der Waals surface area contributed by atoms with Gasteiger partial charge in [-0.1, -0.05) is 0 Å². The Morgan fingerprint density at radius 2 is 1.91 bits per heavy atom. The average molecular weight is 431 g/mol. The van der Waals surface area contributed by atoms with Crippen molar-refractivity contribution < 1.29 is 5.11 Å². The van der Waals surface area contributed by atoms with Crippen LogP contribution in [0.15, 0.2) is 43.0 Å². The molecule has 4 aromatic heterocycles. The molecule has 5 heterocycles. The van der Waals surface area contributed by atoms with Gasteiger partial charge in [-0.3, -0.25) is 4.98 Å². The Morgan fingerprint density at radius 1 is 1.00 bits per heavy atom. The largest absolute Gasteiger partial charge is 0.391 e. The zero-order valence-electron chi connectivity index (χ0n) is 17.8. The lowest BCUT2D eigenvalue weighted by molar-refractivity contribution is 0.140. The predicted octanol–water partition coefficient (Wildman–Crippen LogP) is 2.61. The summed E-state index contributed by atoms with van der Waals surface area (Å²) in [6.45, 7) is 3.96. The van der Waals surface area contributed by atoms with Gasteiger partial charge < -0.3 is 25.2 Å². The number of piperazine rings is 1. The molecule has 1 saturated carbocycles. The molecule has 1 aliphatic carbocycles. The molecule has 6 rings (SSSR count). The van der Waals surface area contributed by atoms with Crippen LogP contribution in [0.1, 0.15) is 25.3 Å². The molecular weight excluding hydrogens is 404 g/mol. The first kappa shape index (κ1) is 19.4. The van der Waals surface area contributed by atoms with E-state index in [4.69, 9.17) is 4.98 Å². The zero-order chi connectivity index (χ0) is 21.5. The lowest BCUT2D eigenvalue weighted by Crippen LogP contribution is -2.43. The second kappa shape index (κ2) is 7.99. The maximum atomic E-state index is 10.6. The van der Waals surface area contributed by atoms with Gasteiger partial charge in [0, 0.05) is 49.3 Å². The van der Waals surface area contributed by atoms with Crippen LogP contribution in [0, 0.1) is 0 Å². The number of nitrogens with one attached hydrogen (secondary N) is 2. The lowest BCUT2D eigenvalue weighted by atomic mass is 10.2. The summed E-state index contributed by atoms with van der Waals surface area (Å²) in [4.78, 5) is 20.6. The normalized spacial score (nSPS) is 21.5. The Labute approximate surface area is 185 Å². The van der Waals surface area contributed by atoms with Gasteiger partial charge in [-0.05, 0) is 37.5 Å². The fourth-order valence-corrected chi connectivity index (χ4v) is 4.97. The van der Waals surface area contributed by atoms with Gasteiger partial charge in [0.05, 0.1) is 35.7 Å². The van der Waals surface area contributed by atoms with Gasteiger partial charge in [0.1, 0.15) is 11.5 Å². The molecule has 1 aliphatic heterocycles. The van der Waals surface area contributed by atoms with E-state index in [1.807, 2.05) is 30.7 Å². The number of rotatable bonds is 4. The van der Waals surface area contributed by atoms with Gasteiger partial charge in [0.2, 0.25) is 5.95 Å². The Kier molecular flexibility index (Phi) is 4.84. The topological polar surface area (TPSA) is 104 Å². The number of fused-ring (bicyclic) bond motifs is 3. The van der Waals surface area contributed by atoms with Crippen LogP contribution in [0.2, 0.25) is 0 Å². The van der Waals surface area contributed by atoms with Crippen molar-refractivity contribution in [1.29, 1.82) is 0 Å². The van der Waals surface area contributed by atoms with E-state index < -0.39 is 0 Å². The number of pyridine rings is 2. The maximum absolute atomic E-state index is 10.6. The number of anilines is 3. The van der Waals surface area contributed by atoms with Crippen molar-refractivity contribution >= 4 is 39.4 Å². The summed E-state index contributed by atoms with van der Waals surface area (Å²) in [5.41, 5.74) is 2.92. The SMILES string of the molecule is O[C@H]1CCC[C@@H]1n1c2cnccc2c2cnc(Nc3ccc(N4CCNCC4)cn3)nc21. The zero-order valence-corrected chi connectivity index (χ0v) is 17.8. The molecule has 164 valence electrons. The molecule has 2 atom stereocenters. The summed E-state index contributed by atoms with van der Waals surface area (Å²) < 4.78 is 2.14. The minimum atomic E-state index is -0.375. The van der Waals surface area contributed by atoms with Crippen LogP contribution >= 0.6 is 0 Å². The van der Waals surface area contributed by atoms with Crippen LogP contribution in [0.25, 0.3) is 21.9 Å². The van der Waals surface area contributed by atoms with Crippen molar-refractivity contribution in [3.8, 4) is 0 Å². The Bertz CT molecular complexity index is 1250. The molecular formula is C23H26N8O. The van der Waals surface area contributed by atoms with Crippen LogP contribution < -0.4 is 15.5 Å². The average Bonchev–Trinajstić information content (AvgIpc) is 3.40. The molecule has 1 saturated heterocycles. The minimum absolute atomic E-state index is 0.00149. The second-order valence-corrected chi connectivity index (χ2v) is 8.52. The third-order valence-corrected chi connectivity index (χ3v) is 6.59. The molecule has 2 aliphatic rings. The smallest absolute Gasteiger partial charge is 0.230 e. The Morgan fingerprint density at radius 3 is 2.69 bits per heavy atom. The van der Waals surface area contributed by atoms with E-state index in [1.54, 1.807) is 6.20 Å². The van der Waals surface area contributed by atoms with Crippen LogP contribution in [-0.4, -0.2) is 61.9 Å². The summed E-state index contributed by atoms with van der Waals surface area (Å²) in [6.07, 6.45) is 9.75. The summed E-state index contributed by atoms with van der Waals surface area (Å²) in [6, 6.07) is 6.03. The first-order chi connectivity index (χ1) is 15.8. The second-order valence-electron chi connectivity index (χ2n) is 8.52. The predicted molar refractivity (Wildman–Crippen MR) is 124 cm³/mol. The molecule has 0 bridgehead atoms. The first-order valence-corrected chi connectivity index (χ1v) is 11.3. The van der Waals surface area contributed by atoms with Gasteiger partial charge in [0.15, 0.2) is 0 Å². The highest BCUT2D eigenvalue weighted by atomic mass is 16.3. The summed E-state index contributed by atoms with van der Waals surface area (Å²) in [5, 5.41) is 19.2. The van der Waals surface area contributed by atoms with Gasteiger partial charge in [0.25, 0.3) is 0 Å². The Balaban J connectivity index is 1.34. The molecule has 4 aromatic rings. The molecule has 0 amide bonds. The number of nitrogens with zero attached hydrogens (tertiary/aromatic N) is 6. The van der Waals surface area contributed by atoms with Crippen LogP contribution in [0.4, 0.5) is 17.5 Å². The van der Waals surface area contributed by atoms with E-state index in [9.17, 15) is 5.11 Å². The molecule has 0 unspecified atom stereocenters. The highest BCUT2D eigenvalue weighted by Gasteiger charge is 2.30. The third kappa shape index (κ3) is 3.34. The van der Waals surface area contributed by atoms with E-state index >= 15 is 0 Å². The first-order valence-electron chi connectivity index (χ1n) is 11.3. The van der Waals surface area contributed by atoms with Crippen molar-refractivity contribution in [2.75, 3.05) is 36.4 Å². The highest BCUT2D eigenvalue weighted by molar-refractivity contribution is 6.06. The number of aromatic nitrogens is 5. The van der Waals surface area contributed by atoms with Crippen molar-refractivity contribution in [3.63, 3.8) is 0 Å². The van der Waals surface area contributed by atoms with Gasteiger partial charge in [-0.2, -0.15) is 4.98 Å². The highest BCUT2D eigenvalue weighted by Crippen LogP contribution is 2.37. The number of aliphatic hydroxyl groups excluding tert-OH is 1. The van der Waals surface area contributed by atoms with E-state index in [1.165, 1.54) is 0 Å². The van der Waals surface area contributed by atoms with Crippen LogP contribution in [0.3, 0.4) is 0 Å². The van der Waals surface area contributed by atoms with Crippen molar-refractivity contribution in [2.24, 2.45) is 0 Å². The molecule has 9 heteroatoms. The number of hydrogen-bond donors (Lipinski definition) is 3. The van der Waals surface area contributed by atoms with E-state index in [2.05, 4.69) is 41.1 Å². The molecule has 32 heavy (non-hydrogen) atoms. The third-order valence-electron chi connectivity index (χ3n) is 6.59.